The first-order valence-corrected chi connectivity index (χ1v) is 9.35. The summed E-state index contributed by atoms with van der Waals surface area (Å²) >= 11 is 0. The number of rotatable bonds is 4. The average molecular weight is 375 g/mol. The van der Waals surface area contributed by atoms with Gasteiger partial charge in [-0.1, -0.05) is 54.6 Å². The lowest BCUT2D eigenvalue weighted by Gasteiger charge is -2.09. The molecular formula is C24H17N5. The van der Waals surface area contributed by atoms with Crippen molar-refractivity contribution in [3.8, 4) is 0 Å². The third kappa shape index (κ3) is 3.66. The van der Waals surface area contributed by atoms with Crippen LogP contribution < -0.4 is 5.32 Å². The lowest BCUT2D eigenvalue weighted by atomic mass is 10.2. The van der Waals surface area contributed by atoms with E-state index in [0.717, 1.165) is 33.2 Å². The number of anilines is 2. The highest BCUT2D eigenvalue weighted by Crippen LogP contribution is 2.31. The number of nitrogens with zero attached hydrogens (tertiary/aromatic N) is 4. The third-order valence-electron chi connectivity index (χ3n) is 4.59. The molecule has 0 saturated carbocycles. The lowest BCUT2D eigenvalue weighted by Crippen LogP contribution is -1.92. The van der Waals surface area contributed by atoms with Crippen molar-refractivity contribution in [3.63, 3.8) is 0 Å². The van der Waals surface area contributed by atoms with Gasteiger partial charge in [0.2, 0.25) is 0 Å². The second-order valence-corrected chi connectivity index (χ2v) is 6.61. The van der Waals surface area contributed by atoms with Gasteiger partial charge in [0.25, 0.3) is 0 Å². The topological polar surface area (TPSA) is 62.5 Å². The molecule has 0 amide bonds. The number of nitrogens with one attached hydrogen (secondary N) is 1. The van der Waals surface area contributed by atoms with Crippen LogP contribution in [-0.4, -0.2) is 9.97 Å². The Kier molecular flexibility index (Phi) is 4.39. The Hall–Kier alpha value is -4.12. The Labute approximate surface area is 167 Å². The maximum Gasteiger partial charge on any atom is 0.198 e. The van der Waals surface area contributed by atoms with Gasteiger partial charge in [-0.05, 0) is 42.5 Å². The van der Waals surface area contributed by atoms with Crippen molar-refractivity contribution in [2.75, 3.05) is 5.32 Å². The molecular weight excluding hydrogens is 358 g/mol. The molecule has 1 N–H and O–H groups in total. The van der Waals surface area contributed by atoms with Gasteiger partial charge in [-0.15, -0.1) is 10.2 Å². The van der Waals surface area contributed by atoms with E-state index in [4.69, 9.17) is 4.98 Å². The standard InChI is InChI=1S/C24H17N5/c1-2-10-19(11-3-1)25-22-16-18-9-5-7-13-21(18)27-24(22)29-28-23-15-14-17-8-4-6-12-20(17)26-23/h1-16,25H. The molecule has 5 nitrogen and oxygen atoms in total. The smallest absolute Gasteiger partial charge is 0.198 e. The molecule has 5 aromatic rings. The minimum atomic E-state index is 0.516. The molecule has 5 rings (SSSR count). The van der Waals surface area contributed by atoms with E-state index in [1.807, 2.05) is 97.1 Å². The van der Waals surface area contributed by atoms with Gasteiger partial charge < -0.3 is 5.32 Å². The molecule has 29 heavy (non-hydrogen) atoms. The van der Waals surface area contributed by atoms with Gasteiger partial charge in [-0.2, -0.15) is 0 Å². The summed E-state index contributed by atoms with van der Waals surface area (Å²) in [7, 11) is 0. The molecule has 3 aromatic carbocycles. The molecule has 0 fully saturated rings. The van der Waals surface area contributed by atoms with Crippen LogP contribution in [0.5, 0.6) is 0 Å². The highest BCUT2D eigenvalue weighted by atomic mass is 15.2. The number of benzene rings is 3. The summed E-state index contributed by atoms with van der Waals surface area (Å²) < 4.78 is 0. The van der Waals surface area contributed by atoms with Crippen LogP contribution in [0, 0.1) is 0 Å². The van der Waals surface area contributed by atoms with Crippen LogP contribution >= 0.6 is 0 Å². The molecule has 0 radical (unpaired) electrons. The zero-order valence-corrected chi connectivity index (χ0v) is 15.5. The van der Waals surface area contributed by atoms with Crippen LogP contribution in [-0.2, 0) is 0 Å². The summed E-state index contributed by atoms with van der Waals surface area (Å²) in [5.74, 6) is 1.06. The highest BCUT2D eigenvalue weighted by molar-refractivity contribution is 5.87. The fourth-order valence-corrected chi connectivity index (χ4v) is 3.16. The van der Waals surface area contributed by atoms with E-state index in [1.54, 1.807) is 0 Å². The van der Waals surface area contributed by atoms with E-state index >= 15 is 0 Å². The lowest BCUT2D eigenvalue weighted by molar-refractivity contribution is 1.14. The maximum atomic E-state index is 4.70. The first-order valence-electron chi connectivity index (χ1n) is 9.35. The quantitative estimate of drug-likeness (QED) is 0.346. The van der Waals surface area contributed by atoms with Gasteiger partial charge in [0.15, 0.2) is 11.6 Å². The van der Waals surface area contributed by atoms with Gasteiger partial charge >= 0.3 is 0 Å². The summed E-state index contributed by atoms with van der Waals surface area (Å²) in [6.07, 6.45) is 0. The minimum absolute atomic E-state index is 0.516. The number of para-hydroxylation sites is 3. The van der Waals surface area contributed by atoms with Crippen molar-refractivity contribution in [1.29, 1.82) is 0 Å². The molecule has 0 aliphatic heterocycles. The largest absolute Gasteiger partial charge is 0.352 e. The van der Waals surface area contributed by atoms with Crippen molar-refractivity contribution in [2.45, 2.75) is 0 Å². The fraction of sp³-hybridized carbons (Fsp3) is 0. The predicted molar refractivity (Wildman–Crippen MR) is 117 cm³/mol. The van der Waals surface area contributed by atoms with Gasteiger partial charge in [0.05, 0.1) is 16.7 Å². The van der Waals surface area contributed by atoms with Gasteiger partial charge in [0, 0.05) is 16.5 Å². The first-order chi connectivity index (χ1) is 14.3. The molecule has 0 spiro atoms. The van der Waals surface area contributed by atoms with E-state index in [1.165, 1.54) is 0 Å². The Morgan fingerprint density at radius 1 is 0.586 bits per heavy atom. The second-order valence-electron chi connectivity index (χ2n) is 6.61. The van der Waals surface area contributed by atoms with Gasteiger partial charge in [-0.25, -0.2) is 9.97 Å². The summed E-state index contributed by atoms with van der Waals surface area (Å²) in [5, 5.41) is 14.3. The van der Waals surface area contributed by atoms with Crippen LogP contribution in [0.1, 0.15) is 0 Å². The fourth-order valence-electron chi connectivity index (χ4n) is 3.16. The van der Waals surface area contributed by atoms with Crippen LogP contribution in [0.4, 0.5) is 23.0 Å². The van der Waals surface area contributed by atoms with Crippen LogP contribution in [0.3, 0.4) is 0 Å². The van der Waals surface area contributed by atoms with Crippen LogP contribution in [0.2, 0.25) is 0 Å². The minimum Gasteiger partial charge on any atom is -0.352 e. The van der Waals surface area contributed by atoms with E-state index in [2.05, 4.69) is 20.5 Å². The highest BCUT2D eigenvalue weighted by Gasteiger charge is 2.07. The molecule has 0 atom stereocenters. The predicted octanol–water partition coefficient (Wildman–Crippen LogP) is 6.94. The van der Waals surface area contributed by atoms with Crippen molar-refractivity contribution in [1.82, 2.24) is 9.97 Å². The number of aromatic nitrogens is 2. The molecule has 0 aliphatic rings. The Morgan fingerprint density at radius 2 is 1.28 bits per heavy atom. The molecule has 0 saturated heterocycles. The number of hydrogen-bond acceptors (Lipinski definition) is 5. The normalized spacial score (nSPS) is 11.3. The van der Waals surface area contributed by atoms with Gasteiger partial charge in [0.1, 0.15) is 0 Å². The number of pyridine rings is 2. The molecule has 2 heterocycles. The van der Waals surface area contributed by atoms with E-state index in [-0.39, 0.29) is 0 Å². The van der Waals surface area contributed by atoms with Crippen LogP contribution in [0.25, 0.3) is 21.8 Å². The van der Waals surface area contributed by atoms with Crippen molar-refractivity contribution >= 4 is 44.8 Å². The van der Waals surface area contributed by atoms with Crippen LogP contribution in [0.15, 0.2) is 107 Å². The summed E-state index contributed by atoms with van der Waals surface area (Å²) in [4.78, 5) is 9.26. The number of azo groups is 1. The van der Waals surface area contributed by atoms with Crippen molar-refractivity contribution < 1.29 is 0 Å². The Bertz CT molecular complexity index is 1330. The summed E-state index contributed by atoms with van der Waals surface area (Å²) in [5.41, 5.74) is 3.51. The van der Waals surface area contributed by atoms with Crippen molar-refractivity contribution in [2.24, 2.45) is 10.2 Å². The van der Waals surface area contributed by atoms with E-state index < -0.39 is 0 Å². The maximum absolute atomic E-state index is 4.70. The zero-order chi connectivity index (χ0) is 19.5. The van der Waals surface area contributed by atoms with E-state index in [0.29, 0.717) is 11.6 Å². The number of fused-ring (bicyclic) bond motifs is 2. The Balaban J connectivity index is 1.56. The molecule has 0 aliphatic carbocycles. The van der Waals surface area contributed by atoms with Crippen molar-refractivity contribution in [3.05, 3.63) is 97.1 Å². The molecule has 0 bridgehead atoms. The molecule has 138 valence electrons. The van der Waals surface area contributed by atoms with Gasteiger partial charge in [-0.3, -0.25) is 0 Å². The molecule has 5 heteroatoms. The number of hydrogen-bond donors (Lipinski definition) is 1. The Morgan fingerprint density at radius 3 is 2.10 bits per heavy atom. The first kappa shape index (κ1) is 17.0. The molecule has 0 unspecified atom stereocenters. The monoisotopic (exact) mass is 375 g/mol. The third-order valence-corrected chi connectivity index (χ3v) is 4.59. The molecule has 2 aromatic heterocycles. The second kappa shape index (κ2) is 7.48. The summed E-state index contributed by atoms with van der Waals surface area (Å²) in [6, 6.07) is 31.7. The van der Waals surface area contributed by atoms with E-state index in [9.17, 15) is 0 Å². The zero-order valence-electron chi connectivity index (χ0n) is 15.5. The summed E-state index contributed by atoms with van der Waals surface area (Å²) in [6.45, 7) is 0. The average Bonchev–Trinajstić information content (AvgIpc) is 2.78. The SMILES string of the molecule is c1ccc(Nc2cc3ccccc3nc2N=Nc2ccc3ccccc3n2)cc1.